The van der Waals surface area contributed by atoms with Gasteiger partial charge in [-0.2, -0.15) is 0 Å². The highest BCUT2D eigenvalue weighted by Crippen LogP contribution is 2.43. The Labute approximate surface area is 262 Å². The largest absolute Gasteiger partial charge is 0.253 e. The van der Waals surface area contributed by atoms with E-state index in [4.69, 9.17) is 0 Å². The Hall–Kier alpha value is -6.00. The van der Waals surface area contributed by atoms with Gasteiger partial charge in [0.1, 0.15) is 12.7 Å². The van der Waals surface area contributed by atoms with Gasteiger partial charge < -0.3 is 0 Å². The van der Waals surface area contributed by atoms with Gasteiger partial charge in [0, 0.05) is 17.3 Å². The summed E-state index contributed by atoms with van der Waals surface area (Å²) < 4.78 is 0. The van der Waals surface area contributed by atoms with Gasteiger partial charge in [-0.25, -0.2) is 15.0 Å². The first-order valence-corrected chi connectivity index (χ1v) is 14.9. The van der Waals surface area contributed by atoms with Crippen molar-refractivity contribution in [3.05, 3.63) is 152 Å². The van der Waals surface area contributed by atoms with Gasteiger partial charge in [0.2, 0.25) is 0 Å². The van der Waals surface area contributed by atoms with Crippen LogP contribution in [0.4, 0.5) is 0 Å². The molecule has 0 N–H and O–H groups in total. The summed E-state index contributed by atoms with van der Waals surface area (Å²) in [7, 11) is 0. The van der Waals surface area contributed by atoms with Crippen LogP contribution in [0.3, 0.4) is 0 Å². The van der Waals surface area contributed by atoms with Crippen LogP contribution >= 0.6 is 0 Å². The monoisotopic (exact) mass is 578 g/mol. The molecule has 4 nitrogen and oxygen atoms in total. The summed E-state index contributed by atoms with van der Waals surface area (Å²) in [6.07, 6.45) is 6.89. The van der Waals surface area contributed by atoms with Gasteiger partial charge in [-0.3, -0.25) is 4.99 Å². The third kappa shape index (κ3) is 5.13. The second-order valence-corrected chi connectivity index (χ2v) is 10.7. The van der Waals surface area contributed by atoms with Crippen molar-refractivity contribution in [3.63, 3.8) is 0 Å². The Balaban J connectivity index is 1.42. The fraction of sp³-hybridized carbons (Fsp3) is 0.0244. The highest BCUT2D eigenvalue weighted by atomic mass is 14.8. The van der Waals surface area contributed by atoms with Crippen molar-refractivity contribution in [2.24, 2.45) is 9.98 Å². The number of allylic oxidation sites excluding steroid dienone is 1. The lowest BCUT2D eigenvalue weighted by Gasteiger charge is -2.18. The van der Waals surface area contributed by atoms with Crippen molar-refractivity contribution in [1.29, 1.82) is 0 Å². The molecule has 0 atom stereocenters. The van der Waals surface area contributed by atoms with Crippen LogP contribution < -0.4 is 0 Å². The normalized spacial score (nSPS) is 11.8. The van der Waals surface area contributed by atoms with Crippen molar-refractivity contribution < 1.29 is 0 Å². The third-order valence-corrected chi connectivity index (χ3v) is 8.26. The molecule has 0 fully saturated rings. The van der Waals surface area contributed by atoms with E-state index in [1.165, 1.54) is 44.6 Å². The molecule has 0 saturated carbocycles. The molecule has 0 radical (unpaired) electrons. The van der Waals surface area contributed by atoms with Crippen LogP contribution in [0.1, 0.15) is 12.5 Å². The molecular weight excluding hydrogens is 548 g/mol. The maximum atomic E-state index is 4.56. The van der Waals surface area contributed by atoms with Crippen LogP contribution in [-0.2, 0) is 0 Å². The molecule has 7 aromatic rings. The molecule has 1 aromatic heterocycles. The maximum Gasteiger partial charge on any atom is 0.116 e. The Bertz CT molecular complexity index is 2250. The first kappa shape index (κ1) is 27.8. The third-order valence-electron chi connectivity index (χ3n) is 8.26. The van der Waals surface area contributed by atoms with Crippen molar-refractivity contribution in [2.75, 3.05) is 0 Å². The molecular formula is C41H30N4. The number of rotatable bonds is 7. The van der Waals surface area contributed by atoms with Gasteiger partial charge in [-0.05, 0) is 74.6 Å². The fourth-order valence-corrected chi connectivity index (χ4v) is 6.27. The zero-order chi connectivity index (χ0) is 30.6. The zero-order valence-corrected chi connectivity index (χ0v) is 24.9. The number of aliphatic imine (C=N–C) groups is 2. The van der Waals surface area contributed by atoms with E-state index in [0.717, 1.165) is 39.2 Å². The van der Waals surface area contributed by atoms with Crippen molar-refractivity contribution in [2.45, 2.75) is 6.92 Å². The van der Waals surface area contributed by atoms with Gasteiger partial charge in [0.25, 0.3) is 0 Å². The number of fused-ring (bicyclic) bond motifs is 2. The minimum atomic E-state index is 0.856. The fourth-order valence-electron chi connectivity index (χ4n) is 6.27. The molecule has 214 valence electrons. The van der Waals surface area contributed by atoms with E-state index in [1.807, 2.05) is 25.1 Å². The summed E-state index contributed by atoms with van der Waals surface area (Å²) in [6.45, 7) is 5.55. The first-order chi connectivity index (χ1) is 22.3. The number of benzene rings is 6. The van der Waals surface area contributed by atoms with E-state index < -0.39 is 0 Å². The minimum absolute atomic E-state index is 0.856. The molecule has 0 spiro atoms. The van der Waals surface area contributed by atoms with Gasteiger partial charge in [-0.1, -0.05) is 127 Å². The molecule has 7 rings (SSSR count). The van der Waals surface area contributed by atoms with Crippen LogP contribution in [0.25, 0.3) is 71.9 Å². The molecule has 0 unspecified atom stereocenters. The van der Waals surface area contributed by atoms with E-state index in [-0.39, 0.29) is 0 Å². The van der Waals surface area contributed by atoms with E-state index in [0.29, 0.717) is 0 Å². The first-order valence-electron chi connectivity index (χ1n) is 14.9. The molecule has 6 aromatic carbocycles. The molecule has 45 heavy (non-hydrogen) atoms. The van der Waals surface area contributed by atoms with Gasteiger partial charge in [0.15, 0.2) is 0 Å². The average molecular weight is 579 g/mol. The Morgan fingerprint density at radius 3 is 1.58 bits per heavy atom. The van der Waals surface area contributed by atoms with E-state index in [2.05, 4.69) is 142 Å². The molecule has 0 amide bonds. The lowest BCUT2D eigenvalue weighted by molar-refractivity contribution is 1.17. The summed E-state index contributed by atoms with van der Waals surface area (Å²) in [5.41, 5.74) is 10.9. The topological polar surface area (TPSA) is 50.5 Å². The predicted molar refractivity (Wildman–Crippen MR) is 190 cm³/mol. The highest BCUT2D eigenvalue weighted by molar-refractivity contribution is 6.13. The van der Waals surface area contributed by atoms with E-state index in [9.17, 15) is 0 Å². The van der Waals surface area contributed by atoms with E-state index in [1.54, 1.807) is 12.5 Å². The molecule has 0 aliphatic carbocycles. The SMILES string of the molecule is C=NC=N/C(=C\C)c1ccccc1-c1ccc(-c2ccc(-c3ccccc3-c3ccncn3)c3ccccc23)c2ccccc12. The number of hydrogen-bond acceptors (Lipinski definition) is 3. The highest BCUT2D eigenvalue weighted by Gasteiger charge is 2.17. The van der Waals surface area contributed by atoms with E-state index >= 15 is 0 Å². The number of nitrogens with zero attached hydrogens (tertiary/aromatic N) is 4. The van der Waals surface area contributed by atoms with Crippen LogP contribution in [0, 0.1) is 0 Å². The van der Waals surface area contributed by atoms with Gasteiger partial charge in [-0.15, -0.1) is 0 Å². The van der Waals surface area contributed by atoms with Crippen LogP contribution in [0.5, 0.6) is 0 Å². The molecule has 1 heterocycles. The summed E-state index contributed by atoms with van der Waals surface area (Å²) in [6, 6.07) is 45.2. The summed E-state index contributed by atoms with van der Waals surface area (Å²) in [5, 5.41) is 4.78. The minimum Gasteiger partial charge on any atom is -0.253 e. The number of hydrogen-bond donors (Lipinski definition) is 0. The summed E-state index contributed by atoms with van der Waals surface area (Å²) in [4.78, 5) is 17.1. The lowest BCUT2D eigenvalue weighted by Crippen LogP contribution is -1.93. The van der Waals surface area contributed by atoms with Gasteiger partial charge in [0.05, 0.1) is 11.4 Å². The summed E-state index contributed by atoms with van der Waals surface area (Å²) in [5.74, 6) is 0. The van der Waals surface area contributed by atoms with Crippen LogP contribution in [0.2, 0.25) is 0 Å². The quantitative estimate of drug-likeness (QED) is 0.140. The standard InChI is InChI=1S/C41H30N4/c1-3-40(44-26-42-2)38-18-10-8-16-32(38)34-20-22-36(30-14-6-4-12-28(30)34)37-23-21-35(29-13-5-7-15-31(29)37)33-17-9-11-19-39(33)41-24-25-43-27-45-41/h3-27H,2H2,1H3/b40-3-,44-26?. The number of aromatic nitrogens is 2. The van der Waals surface area contributed by atoms with Crippen LogP contribution in [-0.4, -0.2) is 23.0 Å². The summed E-state index contributed by atoms with van der Waals surface area (Å²) >= 11 is 0. The molecule has 0 bridgehead atoms. The average Bonchev–Trinajstić information content (AvgIpc) is 3.12. The molecule has 0 aliphatic heterocycles. The molecule has 0 saturated heterocycles. The van der Waals surface area contributed by atoms with Crippen molar-refractivity contribution in [3.8, 4) is 44.6 Å². The van der Waals surface area contributed by atoms with Crippen molar-refractivity contribution in [1.82, 2.24) is 9.97 Å². The Morgan fingerprint density at radius 1 is 0.556 bits per heavy atom. The lowest BCUT2D eigenvalue weighted by atomic mass is 9.86. The zero-order valence-electron chi connectivity index (χ0n) is 24.9. The van der Waals surface area contributed by atoms with Crippen LogP contribution in [0.15, 0.2) is 156 Å². The van der Waals surface area contributed by atoms with Crippen molar-refractivity contribution >= 4 is 40.3 Å². The second kappa shape index (κ2) is 12.3. The predicted octanol–water partition coefficient (Wildman–Crippen LogP) is 10.5. The Kier molecular flexibility index (Phi) is 7.61. The Morgan fingerprint density at radius 2 is 1.04 bits per heavy atom. The second-order valence-electron chi connectivity index (χ2n) is 10.7. The smallest absolute Gasteiger partial charge is 0.116 e. The molecule has 4 heteroatoms. The maximum absolute atomic E-state index is 4.56. The van der Waals surface area contributed by atoms with Gasteiger partial charge >= 0.3 is 0 Å². The molecule has 0 aliphatic rings.